The van der Waals surface area contributed by atoms with Crippen molar-refractivity contribution in [3.63, 3.8) is 0 Å². The van der Waals surface area contributed by atoms with E-state index in [1.165, 1.54) is 31.2 Å². The molecule has 10 atom stereocenters. The molecule has 0 bridgehead atoms. The van der Waals surface area contributed by atoms with E-state index in [1.54, 1.807) is 0 Å². The molecule has 1 aromatic carbocycles. The normalized spacial score (nSPS) is 41.0. The second kappa shape index (κ2) is 9.68. The summed E-state index contributed by atoms with van der Waals surface area (Å²) in [5, 5.41) is 70.9. The molecule has 3 rings (SSSR count). The van der Waals surface area contributed by atoms with Crippen LogP contribution in [0.15, 0.2) is 24.3 Å². The first kappa shape index (κ1) is 23.7. The van der Waals surface area contributed by atoms with Crippen LogP contribution in [0.25, 0.3) is 0 Å². The highest BCUT2D eigenvalue weighted by Gasteiger charge is 2.50. The number of nitro groups is 1. The van der Waals surface area contributed by atoms with Crippen molar-refractivity contribution in [3.8, 4) is 5.75 Å². The van der Waals surface area contributed by atoms with E-state index in [0.717, 1.165) is 0 Å². The first-order valence-electron chi connectivity index (χ1n) is 9.52. The number of non-ortho nitro benzene ring substituents is 1. The van der Waals surface area contributed by atoms with Crippen molar-refractivity contribution in [1.82, 2.24) is 0 Å². The van der Waals surface area contributed by atoms with E-state index >= 15 is 0 Å². The molecule has 0 saturated carbocycles. The summed E-state index contributed by atoms with van der Waals surface area (Å²) in [6.45, 7) is 0.779. The number of nitro benzene ring substituents is 1. The molecule has 13 nitrogen and oxygen atoms in total. The Labute approximate surface area is 176 Å². The minimum Gasteiger partial charge on any atom is -0.462 e. The van der Waals surface area contributed by atoms with Crippen LogP contribution >= 0.6 is 0 Å². The van der Waals surface area contributed by atoms with Crippen LogP contribution in [-0.4, -0.2) is 104 Å². The van der Waals surface area contributed by atoms with E-state index in [9.17, 15) is 40.8 Å². The number of benzene rings is 1. The molecule has 2 aliphatic rings. The number of aliphatic hydroxyl groups is 6. The lowest BCUT2D eigenvalue weighted by molar-refractivity contribution is -0.384. The van der Waals surface area contributed by atoms with Gasteiger partial charge in [-0.05, 0) is 19.1 Å². The maximum absolute atomic E-state index is 10.8. The zero-order chi connectivity index (χ0) is 22.9. The van der Waals surface area contributed by atoms with Crippen molar-refractivity contribution in [3.05, 3.63) is 34.4 Å². The van der Waals surface area contributed by atoms with Crippen LogP contribution in [0.5, 0.6) is 5.75 Å². The summed E-state index contributed by atoms with van der Waals surface area (Å²) in [6.07, 6.45) is -14.5. The van der Waals surface area contributed by atoms with Gasteiger partial charge in [-0.15, -0.1) is 0 Å². The fraction of sp³-hybridized carbons (Fsp3) is 0.667. The van der Waals surface area contributed by atoms with Gasteiger partial charge in [0.05, 0.1) is 17.6 Å². The Morgan fingerprint density at radius 1 is 0.935 bits per heavy atom. The van der Waals surface area contributed by atoms with Gasteiger partial charge in [-0.25, -0.2) is 0 Å². The summed E-state index contributed by atoms with van der Waals surface area (Å²) in [6, 6.07) is 4.91. The van der Waals surface area contributed by atoms with Gasteiger partial charge >= 0.3 is 0 Å². The lowest BCUT2D eigenvalue weighted by atomic mass is 9.97. The standard InChI is InChI=1S/C18H25NO12/c1-7-11(21)13(23)15(25)17(28-7)31-16-14(24)12(22)10(6-20)30-18(16)29-9-4-2-8(3-5-9)19(26)27/h2-5,7,10-18,20-25H,6H2,1H3/t7-,10+,11+,12+,13-,14-,15-,16+,17+,18+/m1/s1. The van der Waals surface area contributed by atoms with E-state index < -0.39 is 72.9 Å². The maximum atomic E-state index is 10.8. The molecule has 31 heavy (non-hydrogen) atoms. The summed E-state index contributed by atoms with van der Waals surface area (Å²) in [5.74, 6) is 0.0958. The highest BCUT2D eigenvalue weighted by molar-refractivity contribution is 5.36. The summed E-state index contributed by atoms with van der Waals surface area (Å²) < 4.78 is 22.0. The van der Waals surface area contributed by atoms with Crippen molar-refractivity contribution in [2.24, 2.45) is 0 Å². The van der Waals surface area contributed by atoms with Crippen LogP contribution in [0.1, 0.15) is 6.92 Å². The number of ether oxygens (including phenoxy) is 4. The molecule has 6 N–H and O–H groups in total. The smallest absolute Gasteiger partial charge is 0.269 e. The first-order valence-corrected chi connectivity index (χ1v) is 9.52. The minimum absolute atomic E-state index is 0.0958. The Kier molecular flexibility index (Phi) is 7.41. The number of nitrogens with zero attached hydrogens (tertiary/aromatic N) is 1. The van der Waals surface area contributed by atoms with Crippen LogP contribution in [-0.2, 0) is 14.2 Å². The van der Waals surface area contributed by atoms with Crippen LogP contribution in [0.2, 0.25) is 0 Å². The topological polar surface area (TPSA) is 201 Å². The molecule has 2 saturated heterocycles. The number of hydrogen-bond donors (Lipinski definition) is 6. The Morgan fingerprint density at radius 2 is 1.58 bits per heavy atom. The predicted octanol–water partition coefficient (Wildman–Crippen LogP) is -2.37. The Balaban J connectivity index is 1.81. The van der Waals surface area contributed by atoms with E-state index in [-0.39, 0.29) is 11.4 Å². The molecule has 13 heteroatoms. The Hall–Kier alpha value is -1.94. The largest absolute Gasteiger partial charge is 0.462 e. The van der Waals surface area contributed by atoms with E-state index in [2.05, 4.69) is 0 Å². The second-order valence-corrected chi connectivity index (χ2v) is 7.36. The SMILES string of the molecule is C[C@H]1O[C@@H](O[C@@H]2[C@@H](Oc3ccc([N+](=O)[O-])cc3)O[C@@H](CO)[C@H](O)[C@H]2O)[C@H](O)[C@H](O)[C@H]1O. The molecule has 2 aliphatic heterocycles. The van der Waals surface area contributed by atoms with Crippen molar-refractivity contribution >= 4 is 5.69 Å². The van der Waals surface area contributed by atoms with Gasteiger partial charge in [-0.2, -0.15) is 0 Å². The average molecular weight is 447 g/mol. The van der Waals surface area contributed by atoms with Crippen LogP contribution in [0.4, 0.5) is 5.69 Å². The van der Waals surface area contributed by atoms with Gasteiger partial charge in [0.1, 0.15) is 42.4 Å². The average Bonchev–Trinajstić information content (AvgIpc) is 2.75. The van der Waals surface area contributed by atoms with E-state index in [1.807, 2.05) is 0 Å². The van der Waals surface area contributed by atoms with E-state index in [4.69, 9.17) is 18.9 Å². The van der Waals surface area contributed by atoms with Crippen molar-refractivity contribution in [2.75, 3.05) is 6.61 Å². The summed E-state index contributed by atoms with van der Waals surface area (Å²) in [5.41, 5.74) is -0.186. The molecular formula is C18H25NO12. The zero-order valence-electron chi connectivity index (χ0n) is 16.4. The maximum Gasteiger partial charge on any atom is 0.269 e. The van der Waals surface area contributed by atoms with Gasteiger partial charge in [0, 0.05) is 12.1 Å². The summed E-state index contributed by atoms with van der Waals surface area (Å²) >= 11 is 0. The predicted molar refractivity (Wildman–Crippen MR) is 98.7 cm³/mol. The van der Waals surface area contributed by atoms with E-state index in [0.29, 0.717) is 0 Å². The fourth-order valence-corrected chi connectivity index (χ4v) is 3.36. The third kappa shape index (κ3) is 4.95. The summed E-state index contributed by atoms with van der Waals surface area (Å²) in [4.78, 5) is 10.2. The number of hydrogen-bond acceptors (Lipinski definition) is 12. The fourth-order valence-electron chi connectivity index (χ4n) is 3.36. The monoisotopic (exact) mass is 447 g/mol. The van der Waals surface area contributed by atoms with Crippen molar-refractivity contribution in [2.45, 2.75) is 68.3 Å². The highest BCUT2D eigenvalue weighted by atomic mass is 16.8. The molecule has 0 radical (unpaired) electrons. The Morgan fingerprint density at radius 3 is 2.16 bits per heavy atom. The molecule has 2 fully saturated rings. The van der Waals surface area contributed by atoms with Gasteiger partial charge in [0.15, 0.2) is 12.4 Å². The molecule has 0 amide bonds. The number of aliphatic hydroxyl groups excluding tert-OH is 6. The second-order valence-electron chi connectivity index (χ2n) is 7.36. The van der Waals surface area contributed by atoms with Crippen molar-refractivity contribution < 1.29 is 54.5 Å². The molecule has 174 valence electrons. The molecule has 1 aromatic rings. The van der Waals surface area contributed by atoms with Crippen LogP contribution in [0, 0.1) is 10.1 Å². The highest BCUT2D eigenvalue weighted by Crippen LogP contribution is 2.31. The molecular weight excluding hydrogens is 422 g/mol. The van der Waals surface area contributed by atoms with Gasteiger partial charge in [0.2, 0.25) is 6.29 Å². The third-order valence-electron chi connectivity index (χ3n) is 5.22. The lowest BCUT2D eigenvalue weighted by Crippen LogP contribution is -2.64. The third-order valence-corrected chi connectivity index (χ3v) is 5.22. The van der Waals surface area contributed by atoms with Crippen LogP contribution in [0.3, 0.4) is 0 Å². The van der Waals surface area contributed by atoms with Crippen LogP contribution < -0.4 is 4.74 Å². The quantitative estimate of drug-likeness (QED) is 0.200. The number of rotatable bonds is 6. The summed E-state index contributed by atoms with van der Waals surface area (Å²) in [7, 11) is 0. The van der Waals surface area contributed by atoms with Gasteiger partial charge < -0.3 is 49.6 Å². The molecule has 0 unspecified atom stereocenters. The van der Waals surface area contributed by atoms with Gasteiger partial charge in [-0.3, -0.25) is 10.1 Å². The molecule has 0 aliphatic carbocycles. The first-order chi connectivity index (χ1) is 14.6. The minimum atomic E-state index is -1.69. The molecule has 2 heterocycles. The lowest BCUT2D eigenvalue weighted by Gasteiger charge is -2.45. The van der Waals surface area contributed by atoms with Crippen molar-refractivity contribution in [1.29, 1.82) is 0 Å². The molecule has 0 aromatic heterocycles. The van der Waals surface area contributed by atoms with Gasteiger partial charge in [0.25, 0.3) is 5.69 Å². The van der Waals surface area contributed by atoms with Gasteiger partial charge in [-0.1, -0.05) is 0 Å². The Bertz CT molecular complexity index is 748. The zero-order valence-corrected chi connectivity index (χ0v) is 16.4. The molecule has 0 spiro atoms.